The van der Waals surface area contributed by atoms with E-state index < -0.39 is 12.1 Å². The summed E-state index contributed by atoms with van der Waals surface area (Å²) in [5.41, 5.74) is 1.20. The van der Waals surface area contributed by atoms with Crippen molar-refractivity contribution in [2.45, 2.75) is 33.3 Å². The predicted octanol–water partition coefficient (Wildman–Crippen LogP) is 1.79. The van der Waals surface area contributed by atoms with E-state index in [9.17, 15) is 4.79 Å². The standard InChI is InChI=1S/C12H16N2O2/c1-5-9(4)16-12(15)11-7-10(13-14-11)6-8(2)3/h1,7-9H,6H2,2-4H3,(H,13,14). The summed E-state index contributed by atoms with van der Waals surface area (Å²) in [6.45, 7) is 5.83. The minimum atomic E-state index is -0.530. The van der Waals surface area contributed by atoms with Gasteiger partial charge in [0.25, 0.3) is 0 Å². The van der Waals surface area contributed by atoms with Crippen LogP contribution >= 0.6 is 0 Å². The molecule has 0 radical (unpaired) electrons. The third-order valence-electron chi connectivity index (χ3n) is 1.99. The molecule has 1 rings (SSSR count). The molecule has 1 atom stereocenters. The molecule has 0 aliphatic rings. The Balaban J connectivity index is 2.64. The lowest BCUT2D eigenvalue weighted by molar-refractivity contribution is 0.0432. The van der Waals surface area contributed by atoms with Crippen molar-refractivity contribution in [1.29, 1.82) is 0 Å². The van der Waals surface area contributed by atoms with Gasteiger partial charge in [-0.1, -0.05) is 19.8 Å². The molecule has 0 aliphatic heterocycles. The van der Waals surface area contributed by atoms with E-state index in [4.69, 9.17) is 11.2 Å². The van der Waals surface area contributed by atoms with Crippen LogP contribution in [0.4, 0.5) is 0 Å². The van der Waals surface area contributed by atoms with E-state index in [1.807, 2.05) is 0 Å². The fourth-order valence-electron chi connectivity index (χ4n) is 1.27. The van der Waals surface area contributed by atoms with Crippen LogP contribution < -0.4 is 0 Å². The number of ether oxygens (including phenoxy) is 1. The zero-order valence-electron chi connectivity index (χ0n) is 9.78. The second-order valence-corrected chi connectivity index (χ2v) is 4.09. The number of nitrogens with zero attached hydrogens (tertiary/aromatic N) is 1. The molecule has 4 nitrogen and oxygen atoms in total. The van der Waals surface area contributed by atoms with Gasteiger partial charge in [-0.15, -0.1) is 6.42 Å². The van der Waals surface area contributed by atoms with Crippen LogP contribution in [-0.4, -0.2) is 22.3 Å². The molecule has 1 aromatic heterocycles. The van der Waals surface area contributed by atoms with E-state index in [2.05, 4.69) is 30.0 Å². The first-order valence-corrected chi connectivity index (χ1v) is 5.24. The first kappa shape index (κ1) is 12.3. The van der Waals surface area contributed by atoms with Crippen molar-refractivity contribution in [3.8, 4) is 12.3 Å². The lowest BCUT2D eigenvalue weighted by atomic mass is 10.1. The molecule has 86 valence electrons. The third-order valence-corrected chi connectivity index (χ3v) is 1.99. The van der Waals surface area contributed by atoms with Gasteiger partial charge in [0.15, 0.2) is 11.8 Å². The van der Waals surface area contributed by atoms with Crippen LogP contribution in [0, 0.1) is 18.3 Å². The van der Waals surface area contributed by atoms with Gasteiger partial charge in [-0.05, 0) is 25.3 Å². The van der Waals surface area contributed by atoms with Gasteiger partial charge < -0.3 is 4.74 Å². The quantitative estimate of drug-likeness (QED) is 0.621. The highest BCUT2D eigenvalue weighted by atomic mass is 16.5. The van der Waals surface area contributed by atoms with E-state index in [-0.39, 0.29) is 5.69 Å². The summed E-state index contributed by atoms with van der Waals surface area (Å²) in [5, 5.41) is 6.70. The average Bonchev–Trinajstić information content (AvgIpc) is 2.65. The van der Waals surface area contributed by atoms with E-state index in [1.54, 1.807) is 13.0 Å². The Morgan fingerprint density at radius 1 is 1.62 bits per heavy atom. The van der Waals surface area contributed by atoms with Crippen LogP contribution in [0.25, 0.3) is 0 Å². The molecule has 0 saturated heterocycles. The van der Waals surface area contributed by atoms with Crippen LogP contribution in [0.1, 0.15) is 37.0 Å². The maximum absolute atomic E-state index is 11.5. The second-order valence-electron chi connectivity index (χ2n) is 4.09. The molecule has 0 fully saturated rings. The highest BCUT2D eigenvalue weighted by Crippen LogP contribution is 2.08. The number of hydrogen-bond acceptors (Lipinski definition) is 3. The minimum Gasteiger partial charge on any atom is -0.445 e. The zero-order chi connectivity index (χ0) is 12.1. The first-order chi connectivity index (χ1) is 7.52. The molecule has 4 heteroatoms. The summed E-state index contributed by atoms with van der Waals surface area (Å²) >= 11 is 0. The van der Waals surface area contributed by atoms with Gasteiger partial charge in [-0.25, -0.2) is 4.79 Å². The Hall–Kier alpha value is -1.76. The highest BCUT2D eigenvalue weighted by Gasteiger charge is 2.14. The van der Waals surface area contributed by atoms with Gasteiger partial charge in [0.05, 0.1) is 0 Å². The highest BCUT2D eigenvalue weighted by molar-refractivity contribution is 5.87. The van der Waals surface area contributed by atoms with Crippen LogP contribution in [0.15, 0.2) is 6.07 Å². The summed E-state index contributed by atoms with van der Waals surface area (Å²) in [5.74, 6) is 2.34. The summed E-state index contributed by atoms with van der Waals surface area (Å²) < 4.78 is 4.95. The van der Waals surface area contributed by atoms with E-state index in [0.717, 1.165) is 12.1 Å². The normalized spacial score (nSPS) is 12.2. The second kappa shape index (κ2) is 5.36. The Kier molecular flexibility index (Phi) is 4.12. The van der Waals surface area contributed by atoms with Crippen molar-refractivity contribution >= 4 is 5.97 Å². The number of rotatable bonds is 4. The maximum Gasteiger partial charge on any atom is 0.360 e. The number of carbonyl (C=O) groups is 1. The maximum atomic E-state index is 11.5. The van der Waals surface area contributed by atoms with Crippen molar-refractivity contribution in [2.75, 3.05) is 0 Å². The number of H-pyrrole nitrogens is 1. The number of nitrogens with one attached hydrogen (secondary N) is 1. The predicted molar refractivity (Wildman–Crippen MR) is 60.8 cm³/mol. The number of hydrogen-bond donors (Lipinski definition) is 1. The summed E-state index contributed by atoms with van der Waals surface area (Å²) in [6.07, 6.45) is 5.44. The molecule has 0 bridgehead atoms. The molecule has 1 unspecified atom stereocenters. The molecule has 0 amide bonds. The van der Waals surface area contributed by atoms with Gasteiger partial charge in [-0.3, -0.25) is 5.10 Å². The summed E-state index contributed by atoms with van der Waals surface area (Å²) in [6, 6.07) is 1.70. The molecular weight excluding hydrogens is 204 g/mol. The third kappa shape index (κ3) is 3.43. The Bertz CT molecular complexity index is 401. The number of terminal acetylenes is 1. The molecule has 0 aliphatic carbocycles. The van der Waals surface area contributed by atoms with Gasteiger partial charge in [0.2, 0.25) is 0 Å². The number of esters is 1. The van der Waals surface area contributed by atoms with Gasteiger partial charge >= 0.3 is 5.97 Å². The molecule has 16 heavy (non-hydrogen) atoms. The van der Waals surface area contributed by atoms with Crippen LogP contribution in [-0.2, 0) is 11.2 Å². The Labute approximate surface area is 95.4 Å². The lowest BCUT2D eigenvalue weighted by Gasteiger charge is -2.04. The van der Waals surface area contributed by atoms with Crippen molar-refractivity contribution in [3.63, 3.8) is 0 Å². The Morgan fingerprint density at radius 3 is 2.88 bits per heavy atom. The number of carbonyl (C=O) groups excluding carboxylic acids is 1. The Morgan fingerprint density at radius 2 is 2.31 bits per heavy atom. The van der Waals surface area contributed by atoms with Gasteiger partial charge in [0.1, 0.15) is 0 Å². The zero-order valence-corrected chi connectivity index (χ0v) is 9.78. The molecule has 1 heterocycles. The van der Waals surface area contributed by atoms with Gasteiger partial charge in [-0.2, -0.15) is 5.10 Å². The van der Waals surface area contributed by atoms with Crippen molar-refractivity contribution in [3.05, 3.63) is 17.5 Å². The topological polar surface area (TPSA) is 55.0 Å². The largest absolute Gasteiger partial charge is 0.445 e. The first-order valence-electron chi connectivity index (χ1n) is 5.24. The monoisotopic (exact) mass is 220 g/mol. The number of aromatic amines is 1. The molecule has 0 spiro atoms. The molecular formula is C12H16N2O2. The fraction of sp³-hybridized carbons (Fsp3) is 0.500. The van der Waals surface area contributed by atoms with E-state index in [1.165, 1.54) is 0 Å². The van der Waals surface area contributed by atoms with Gasteiger partial charge in [0, 0.05) is 5.69 Å². The van der Waals surface area contributed by atoms with Crippen molar-refractivity contribution in [2.24, 2.45) is 5.92 Å². The van der Waals surface area contributed by atoms with E-state index >= 15 is 0 Å². The van der Waals surface area contributed by atoms with Crippen LogP contribution in [0.3, 0.4) is 0 Å². The van der Waals surface area contributed by atoms with Crippen molar-refractivity contribution in [1.82, 2.24) is 10.2 Å². The van der Waals surface area contributed by atoms with Crippen molar-refractivity contribution < 1.29 is 9.53 Å². The molecule has 1 N–H and O–H groups in total. The fourth-order valence-corrected chi connectivity index (χ4v) is 1.27. The van der Waals surface area contributed by atoms with Crippen LogP contribution in [0.5, 0.6) is 0 Å². The smallest absolute Gasteiger partial charge is 0.360 e. The SMILES string of the molecule is C#CC(C)OC(=O)c1cc(CC(C)C)[nH]n1. The molecule has 1 aromatic rings. The summed E-state index contributed by atoms with van der Waals surface area (Å²) in [7, 11) is 0. The van der Waals surface area contributed by atoms with Crippen LogP contribution in [0.2, 0.25) is 0 Å². The summed E-state index contributed by atoms with van der Waals surface area (Å²) in [4.78, 5) is 11.5. The average molecular weight is 220 g/mol. The lowest BCUT2D eigenvalue weighted by Crippen LogP contribution is -2.13. The number of aromatic nitrogens is 2. The molecule has 0 aromatic carbocycles. The minimum absolute atomic E-state index is 0.276. The van der Waals surface area contributed by atoms with E-state index in [0.29, 0.717) is 5.92 Å². The molecule has 0 saturated carbocycles.